The van der Waals surface area contributed by atoms with E-state index in [1.54, 1.807) is 0 Å². The molecule has 0 fully saturated rings. The van der Waals surface area contributed by atoms with Gasteiger partial charge in [0.15, 0.2) is 0 Å². The average Bonchev–Trinajstić information content (AvgIpc) is 3.72. The van der Waals surface area contributed by atoms with E-state index in [0.29, 0.717) is 5.92 Å². The third kappa shape index (κ3) is 7.01. The van der Waals surface area contributed by atoms with E-state index in [1.807, 2.05) is 11.3 Å². The van der Waals surface area contributed by atoms with E-state index in [0.717, 1.165) is 34.1 Å². The molecule has 0 N–H and O–H groups in total. The Morgan fingerprint density at radius 3 is 1.65 bits per heavy atom. The highest BCUT2D eigenvalue weighted by atomic mass is 32.1. The lowest BCUT2D eigenvalue weighted by Gasteiger charge is -2.36. The quantitative estimate of drug-likeness (QED) is 0.136. The zero-order valence-corrected chi connectivity index (χ0v) is 38.7. The van der Waals surface area contributed by atoms with E-state index in [4.69, 9.17) is 0 Å². The SMILES string of the molecule is Cc1cc(N(c2ccccc2C)c2cc(N(c3ccccc3)c3ccccc3C)ccc2C)c(C)c(N(c2ccc(C(C)C)cc2)c2c(C)sc3c2C(C)(C)c2ccccc2-3)c1. The molecule has 0 saturated carbocycles. The van der Waals surface area contributed by atoms with Crippen molar-refractivity contribution in [2.24, 2.45) is 0 Å². The molecule has 310 valence electrons. The molecule has 0 bridgehead atoms. The van der Waals surface area contributed by atoms with Crippen LogP contribution in [0.25, 0.3) is 10.4 Å². The van der Waals surface area contributed by atoms with Crippen LogP contribution < -0.4 is 14.7 Å². The standard InChI is InChI=1S/C58H57N3S/c1-37(2)44-29-32-46(33-30-44)60(56-43(8)62-57-48-24-16-17-25-49(48)58(9,10)55(56)57)53-34-38(3)35-54(42(53)7)61(51-27-19-15-21-40(51)5)52-36-47(31-28-41(52)6)59(45-22-12-11-13-23-45)50-26-18-14-20-39(50)4/h11-37H,1-10H3. The van der Waals surface area contributed by atoms with Crippen LogP contribution in [0.5, 0.6) is 0 Å². The summed E-state index contributed by atoms with van der Waals surface area (Å²) in [5.41, 5.74) is 21.9. The molecular formula is C58H57N3S. The number of hydrogen-bond acceptors (Lipinski definition) is 4. The molecule has 1 aromatic heterocycles. The zero-order chi connectivity index (χ0) is 43.4. The fourth-order valence-corrected chi connectivity index (χ4v) is 11.0. The monoisotopic (exact) mass is 827 g/mol. The van der Waals surface area contributed by atoms with Gasteiger partial charge in [0, 0.05) is 49.2 Å². The van der Waals surface area contributed by atoms with Gasteiger partial charge in [-0.15, -0.1) is 11.3 Å². The van der Waals surface area contributed by atoms with Crippen molar-refractivity contribution in [3.05, 3.63) is 207 Å². The molecule has 0 aliphatic heterocycles. The van der Waals surface area contributed by atoms with E-state index in [-0.39, 0.29) is 5.41 Å². The Morgan fingerprint density at radius 2 is 1.00 bits per heavy atom. The second-order valence-corrected chi connectivity index (χ2v) is 19.2. The van der Waals surface area contributed by atoms with Gasteiger partial charge < -0.3 is 14.7 Å². The van der Waals surface area contributed by atoms with Gasteiger partial charge in [-0.3, -0.25) is 0 Å². The van der Waals surface area contributed by atoms with E-state index in [2.05, 4.69) is 242 Å². The molecule has 1 heterocycles. The van der Waals surface area contributed by atoms with Crippen LogP contribution in [0.1, 0.15) is 83.0 Å². The Balaban J connectivity index is 1.30. The van der Waals surface area contributed by atoms with Crippen LogP contribution in [0.15, 0.2) is 158 Å². The summed E-state index contributed by atoms with van der Waals surface area (Å²) in [4.78, 5) is 10.2. The number of fused-ring (bicyclic) bond motifs is 3. The first-order valence-electron chi connectivity index (χ1n) is 22.0. The summed E-state index contributed by atoms with van der Waals surface area (Å²) in [6.45, 7) is 23.0. The molecule has 0 atom stereocenters. The number of aryl methyl sites for hydroxylation is 5. The minimum Gasteiger partial charge on any atom is -0.310 e. The van der Waals surface area contributed by atoms with Crippen LogP contribution in [0.4, 0.5) is 51.2 Å². The molecule has 4 heteroatoms. The van der Waals surface area contributed by atoms with Crippen molar-refractivity contribution >= 4 is 62.5 Å². The highest BCUT2D eigenvalue weighted by Crippen LogP contribution is 2.60. The molecule has 1 aliphatic rings. The fourth-order valence-electron chi connectivity index (χ4n) is 9.62. The molecule has 7 aromatic carbocycles. The van der Waals surface area contributed by atoms with Gasteiger partial charge in [-0.1, -0.05) is 125 Å². The van der Waals surface area contributed by atoms with Crippen molar-refractivity contribution in [3.8, 4) is 10.4 Å². The number of thiophene rings is 1. The van der Waals surface area contributed by atoms with Gasteiger partial charge in [-0.25, -0.2) is 0 Å². The largest absolute Gasteiger partial charge is 0.310 e. The van der Waals surface area contributed by atoms with Crippen molar-refractivity contribution < 1.29 is 0 Å². The topological polar surface area (TPSA) is 9.72 Å². The van der Waals surface area contributed by atoms with Gasteiger partial charge in [0.2, 0.25) is 0 Å². The molecule has 1 aliphatic carbocycles. The predicted octanol–water partition coefficient (Wildman–Crippen LogP) is 17.4. The molecule has 8 aromatic rings. The summed E-state index contributed by atoms with van der Waals surface area (Å²) in [5.74, 6) is 0.440. The maximum atomic E-state index is 2.59. The minimum absolute atomic E-state index is 0.171. The lowest BCUT2D eigenvalue weighted by Crippen LogP contribution is -2.22. The molecule has 62 heavy (non-hydrogen) atoms. The Hall–Kier alpha value is -6.36. The van der Waals surface area contributed by atoms with E-state index >= 15 is 0 Å². The molecule has 0 spiro atoms. The third-order valence-corrected chi connectivity index (χ3v) is 14.1. The van der Waals surface area contributed by atoms with Crippen molar-refractivity contribution in [1.82, 2.24) is 0 Å². The summed E-state index contributed by atoms with van der Waals surface area (Å²) < 4.78 is 0. The van der Waals surface area contributed by atoms with Gasteiger partial charge >= 0.3 is 0 Å². The number of benzene rings is 7. The predicted molar refractivity (Wildman–Crippen MR) is 268 cm³/mol. The first-order valence-corrected chi connectivity index (χ1v) is 22.8. The Bertz CT molecular complexity index is 2940. The summed E-state index contributed by atoms with van der Waals surface area (Å²) >= 11 is 1.94. The van der Waals surface area contributed by atoms with Crippen LogP contribution in [0.2, 0.25) is 0 Å². The normalized spacial score (nSPS) is 12.6. The Morgan fingerprint density at radius 1 is 0.468 bits per heavy atom. The number of anilines is 9. The minimum atomic E-state index is -0.171. The lowest BCUT2D eigenvalue weighted by molar-refractivity contribution is 0.662. The average molecular weight is 828 g/mol. The molecule has 0 radical (unpaired) electrons. The summed E-state index contributed by atoms with van der Waals surface area (Å²) in [6.07, 6.45) is 0. The number of para-hydroxylation sites is 3. The van der Waals surface area contributed by atoms with Gasteiger partial charge in [-0.2, -0.15) is 0 Å². The van der Waals surface area contributed by atoms with Crippen LogP contribution >= 0.6 is 11.3 Å². The summed E-state index contributed by atoms with van der Waals surface area (Å²) in [5, 5.41) is 0. The van der Waals surface area contributed by atoms with Crippen molar-refractivity contribution in [3.63, 3.8) is 0 Å². The van der Waals surface area contributed by atoms with E-state index in [1.165, 1.54) is 76.9 Å². The van der Waals surface area contributed by atoms with Gasteiger partial charge in [0.05, 0.1) is 22.7 Å². The van der Waals surface area contributed by atoms with E-state index in [9.17, 15) is 0 Å². The maximum absolute atomic E-state index is 2.59. The van der Waals surface area contributed by atoms with Crippen LogP contribution in [0.3, 0.4) is 0 Å². The number of hydrogen-bond donors (Lipinski definition) is 0. The first-order chi connectivity index (χ1) is 29.8. The van der Waals surface area contributed by atoms with Gasteiger partial charge in [0.1, 0.15) is 0 Å². The molecule has 0 saturated heterocycles. The van der Waals surface area contributed by atoms with E-state index < -0.39 is 0 Å². The second-order valence-electron chi connectivity index (χ2n) is 17.9. The zero-order valence-electron chi connectivity index (χ0n) is 37.8. The first kappa shape index (κ1) is 41.0. The summed E-state index contributed by atoms with van der Waals surface area (Å²) in [6, 6.07) is 58.3. The highest BCUT2D eigenvalue weighted by Gasteiger charge is 2.42. The number of rotatable bonds is 10. The second kappa shape index (κ2) is 16.2. The smallest absolute Gasteiger partial charge is 0.0645 e. The van der Waals surface area contributed by atoms with Crippen LogP contribution in [-0.4, -0.2) is 0 Å². The molecule has 0 unspecified atom stereocenters. The summed E-state index contributed by atoms with van der Waals surface area (Å²) in [7, 11) is 0. The van der Waals surface area contributed by atoms with Crippen molar-refractivity contribution in [2.75, 3.05) is 14.7 Å². The molecular weight excluding hydrogens is 771 g/mol. The Kier molecular flexibility index (Phi) is 10.7. The van der Waals surface area contributed by atoms with Crippen molar-refractivity contribution in [2.45, 2.75) is 80.6 Å². The van der Waals surface area contributed by atoms with Gasteiger partial charge in [-0.05, 0) is 153 Å². The molecule has 3 nitrogen and oxygen atoms in total. The maximum Gasteiger partial charge on any atom is 0.0645 e. The van der Waals surface area contributed by atoms with Crippen LogP contribution in [-0.2, 0) is 5.41 Å². The van der Waals surface area contributed by atoms with Gasteiger partial charge in [0.25, 0.3) is 0 Å². The lowest BCUT2D eigenvalue weighted by atomic mass is 9.81. The molecule has 9 rings (SSSR count). The fraction of sp³-hybridized carbons (Fsp3) is 0.207. The Labute approximate surface area is 373 Å². The highest BCUT2D eigenvalue weighted by molar-refractivity contribution is 7.16. The van der Waals surface area contributed by atoms with Crippen molar-refractivity contribution in [1.29, 1.82) is 0 Å². The third-order valence-electron chi connectivity index (χ3n) is 13.0. The number of nitrogens with zero attached hydrogens (tertiary/aromatic N) is 3. The van der Waals surface area contributed by atoms with Crippen LogP contribution in [0, 0.1) is 41.5 Å². The molecule has 0 amide bonds.